The van der Waals surface area contributed by atoms with Gasteiger partial charge in [0.1, 0.15) is 4.99 Å². The van der Waals surface area contributed by atoms with E-state index in [0.29, 0.717) is 11.1 Å². The van der Waals surface area contributed by atoms with Gasteiger partial charge in [-0.1, -0.05) is 30.4 Å². The van der Waals surface area contributed by atoms with Crippen LogP contribution in [0.4, 0.5) is 0 Å². The van der Waals surface area contributed by atoms with E-state index >= 15 is 0 Å². The number of ether oxygens (including phenoxy) is 1. The van der Waals surface area contributed by atoms with Gasteiger partial charge in [-0.05, 0) is 37.9 Å². The van der Waals surface area contributed by atoms with Crippen LogP contribution in [-0.2, 0) is 11.3 Å². The fourth-order valence-electron chi connectivity index (χ4n) is 2.50. The molecule has 1 atom stereocenters. The standard InChI is InChI=1S/C15H22N2OS/c1-17(11-14-7-2-3-8-18-14)10-12-5-4-6-13(9-12)15(16)19/h4-6,9,14H,2-3,7-8,10-11H2,1H3,(H2,16,19). The maximum absolute atomic E-state index is 5.77. The highest BCUT2D eigenvalue weighted by molar-refractivity contribution is 7.80. The third-order valence-corrected chi connectivity index (χ3v) is 3.69. The zero-order valence-electron chi connectivity index (χ0n) is 11.5. The summed E-state index contributed by atoms with van der Waals surface area (Å²) in [6, 6.07) is 8.14. The third-order valence-electron chi connectivity index (χ3n) is 3.45. The molecule has 0 aliphatic carbocycles. The second kappa shape index (κ2) is 6.98. The Balaban J connectivity index is 1.88. The number of hydrogen-bond donors (Lipinski definition) is 1. The summed E-state index contributed by atoms with van der Waals surface area (Å²) < 4.78 is 5.77. The van der Waals surface area contributed by atoms with E-state index in [0.717, 1.165) is 25.3 Å². The molecule has 1 aromatic carbocycles. The fraction of sp³-hybridized carbons (Fsp3) is 0.533. The summed E-state index contributed by atoms with van der Waals surface area (Å²) in [5, 5.41) is 0. The first-order chi connectivity index (χ1) is 9.15. The first-order valence-corrected chi connectivity index (χ1v) is 7.25. The number of thiocarbonyl (C=S) groups is 1. The Morgan fingerprint density at radius 3 is 3.00 bits per heavy atom. The summed E-state index contributed by atoms with van der Waals surface area (Å²) in [5.41, 5.74) is 7.84. The van der Waals surface area contributed by atoms with Gasteiger partial charge in [-0.3, -0.25) is 4.90 Å². The molecular weight excluding hydrogens is 256 g/mol. The van der Waals surface area contributed by atoms with Crippen molar-refractivity contribution in [2.24, 2.45) is 5.73 Å². The molecule has 0 amide bonds. The maximum Gasteiger partial charge on any atom is 0.103 e. The lowest BCUT2D eigenvalue weighted by Crippen LogP contribution is -2.33. The number of rotatable bonds is 5. The topological polar surface area (TPSA) is 38.5 Å². The summed E-state index contributed by atoms with van der Waals surface area (Å²) in [4.78, 5) is 2.76. The fourth-order valence-corrected chi connectivity index (χ4v) is 2.63. The van der Waals surface area contributed by atoms with Gasteiger partial charge >= 0.3 is 0 Å². The van der Waals surface area contributed by atoms with Crippen molar-refractivity contribution in [3.63, 3.8) is 0 Å². The molecule has 1 heterocycles. The molecule has 0 saturated carbocycles. The summed E-state index contributed by atoms with van der Waals surface area (Å²) >= 11 is 5.01. The number of nitrogens with two attached hydrogens (primary N) is 1. The Hall–Kier alpha value is -0.970. The van der Waals surface area contributed by atoms with Crippen molar-refractivity contribution in [2.45, 2.75) is 31.9 Å². The predicted molar refractivity (Wildman–Crippen MR) is 82.3 cm³/mol. The number of benzene rings is 1. The monoisotopic (exact) mass is 278 g/mol. The van der Waals surface area contributed by atoms with Crippen LogP contribution in [0.25, 0.3) is 0 Å². The minimum Gasteiger partial charge on any atom is -0.389 e. The van der Waals surface area contributed by atoms with Gasteiger partial charge in [0, 0.05) is 25.3 Å². The van der Waals surface area contributed by atoms with Crippen LogP contribution in [0.2, 0.25) is 0 Å². The van der Waals surface area contributed by atoms with Crippen LogP contribution in [0.5, 0.6) is 0 Å². The van der Waals surface area contributed by atoms with E-state index in [1.165, 1.54) is 24.8 Å². The van der Waals surface area contributed by atoms with Crippen molar-refractivity contribution in [1.82, 2.24) is 4.90 Å². The molecule has 0 radical (unpaired) electrons. The van der Waals surface area contributed by atoms with E-state index in [4.69, 9.17) is 22.7 Å². The molecule has 1 aromatic rings. The molecular formula is C15H22N2OS. The minimum atomic E-state index is 0.387. The molecule has 4 heteroatoms. The van der Waals surface area contributed by atoms with Gasteiger partial charge in [-0.15, -0.1) is 0 Å². The molecule has 0 aromatic heterocycles. The van der Waals surface area contributed by atoms with Gasteiger partial charge in [0.15, 0.2) is 0 Å². The molecule has 1 saturated heterocycles. The number of likely N-dealkylation sites (N-methyl/N-ethyl adjacent to an activating group) is 1. The zero-order chi connectivity index (χ0) is 13.7. The Labute approximate surface area is 120 Å². The lowest BCUT2D eigenvalue weighted by atomic mass is 10.1. The molecule has 3 nitrogen and oxygen atoms in total. The van der Waals surface area contributed by atoms with E-state index in [1.807, 2.05) is 12.1 Å². The van der Waals surface area contributed by atoms with Crippen LogP contribution in [0.3, 0.4) is 0 Å². The second-order valence-electron chi connectivity index (χ2n) is 5.25. The van der Waals surface area contributed by atoms with Gasteiger partial charge in [-0.25, -0.2) is 0 Å². The van der Waals surface area contributed by atoms with Gasteiger partial charge in [0.05, 0.1) is 6.10 Å². The molecule has 19 heavy (non-hydrogen) atoms. The van der Waals surface area contributed by atoms with Crippen molar-refractivity contribution < 1.29 is 4.74 Å². The summed E-state index contributed by atoms with van der Waals surface area (Å²) in [5.74, 6) is 0. The molecule has 1 aliphatic heterocycles. The van der Waals surface area contributed by atoms with Crippen molar-refractivity contribution in [3.8, 4) is 0 Å². The highest BCUT2D eigenvalue weighted by atomic mass is 32.1. The third kappa shape index (κ3) is 4.56. The first-order valence-electron chi connectivity index (χ1n) is 6.84. The lowest BCUT2D eigenvalue weighted by molar-refractivity contribution is -0.00259. The Morgan fingerprint density at radius 2 is 2.32 bits per heavy atom. The van der Waals surface area contributed by atoms with Crippen molar-refractivity contribution >= 4 is 17.2 Å². The maximum atomic E-state index is 5.77. The smallest absolute Gasteiger partial charge is 0.103 e. The summed E-state index contributed by atoms with van der Waals surface area (Å²) in [7, 11) is 2.13. The molecule has 2 rings (SSSR count). The summed E-state index contributed by atoms with van der Waals surface area (Å²) in [6.07, 6.45) is 4.06. The largest absolute Gasteiger partial charge is 0.389 e. The predicted octanol–water partition coefficient (Wildman–Crippen LogP) is 2.32. The average molecular weight is 278 g/mol. The highest BCUT2D eigenvalue weighted by Crippen LogP contribution is 2.15. The van der Waals surface area contributed by atoms with Crippen molar-refractivity contribution in [3.05, 3.63) is 35.4 Å². The van der Waals surface area contributed by atoms with Crippen LogP contribution in [0.15, 0.2) is 24.3 Å². The second-order valence-corrected chi connectivity index (χ2v) is 5.69. The van der Waals surface area contributed by atoms with E-state index in [-0.39, 0.29) is 0 Å². The van der Waals surface area contributed by atoms with Crippen LogP contribution < -0.4 is 5.73 Å². The lowest BCUT2D eigenvalue weighted by Gasteiger charge is -2.27. The average Bonchev–Trinajstić information content (AvgIpc) is 2.40. The van der Waals surface area contributed by atoms with E-state index in [2.05, 4.69) is 24.1 Å². The molecule has 104 valence electrons. The van der Waals surface area contributed by atoms with Gasteiger partial charge < -0.3 is 10.5 Å². The molecule has 2 N–H and O–H groups in total. The molecule has 1 fully saturated rings. The zero-order valence-corrected chi connectivity index (χ0v) is 12.3. The van der Waals surface area contributed by atoms with Crippen LogP contribution in [-0.4, -0.2) is 36.2 Å². The van der Waals surface area contributed by atoms with E-state index < -0.39 is 0 Å². The van der Waals surface area contributed by atoms with Crippen molar-refractivity contribution in [1.29, 1.82) is 0 Å². The quantitative estimate of drug-likeness (QED) is 0.839. The molecule has 0 bridgehead atoms. The molecule has 1 unspecified atom stereocenters. The number of nitrogens with zero attached hydrogens (tertiary/aromatic N) is 1. The van der Waals surface area contributed by atoms with Crippen molar-refractivity contribution in [2.75, 3.05) is 20.2 Å². The number of hydrogen-bond acceptors (Lipinski definition) is 3. The normalized spacial score (nSPS) is 19.6. The van der Waals surface area contributed by atoms with Gasteiger partial charge in [0.25, 0.3) is 0 Å². The Kier molecular flexibility index (Phi) is 5.31. The van der Waals surface area contributed by atoms with Crippen LogP contribution in [0, 0.1) is 0 Å². The van der Waals surface area contributed by atoms with Gasteiger partial charge in [-0.2, -0.15) is 0 Å². The SMILES string of the molecule is CN(Cc1cccc(C(N)=S)c1)CC1CCCCO1. The first kappa shape index (κ1) is 14.4. The summed E-state index contributed by atoms with van der Waals surface area (Å²) in [6.45, 7) is 2.79. The van der Waals surface area contributed by atoms with E-state index in [9.17, 15) is 0 Å². The van der Waals surface area contributed by atoms with E-state index in [1.54, 1.807) is 0 Å². The van der Waals surface area contributed by atoms with Crippen LogP contribution >= 0.6 is 12.2 Å². The highest BCUT2D eigenvalue weighted by Gasteiger charge is 2.15. The van der Waals surface area contributed by atoms with Crippen LogP contribution in [0.1, 0.15) is 30.4 Å². The molecule has 0 spiro atoms. The van der Waals surface area contributed by atoms with Gasteiger partial charge in [0.2, 0.25) is 0 Å². The minimum absolute atomic E-state index is 0.387. The Morgan fingerprint density at radius 1 is 1.47 bits per heavy atom. The Bertz CT molecular complexity index is 430. The molecule has 1 aliphatic rings.